The normalized spacial score (nSPS) is 12.4. The van der Waals surface area contributed by atoms with Crippen molar-refractivity contribution < 1.29 is 31.1 Å². The predicted molar refractivity (Wildman–Crippen MR) is 110 cm³/mol. The molecule has 2 aromatic carbocycles. The lowest BCUT2D eigenvalue weighted by Crippen LogP contribution is -2.35. The minimum atomic E-state index is -4.85. The SMILES string of the molecule is CC(C)(C)c1ccc(OCCCN(CC(F)(F)F)c2ccc(C#N)c(C(F)(F)F)c2)cc1. The maximum atomic E-state index is 13.2. The third-order valence-electron chi connectivity index (χ3n) is 4.73. The van der Waals surface area contributed by atoms with Gasteiger partial charge in [0.15, 0.2) is 0 Å². The van der Waals surface area contributed by atoms with Crippen molar-refractivity contribution >= 4 is 5.69 Å². The zero-order valence-electron chi connectivity index (χ0n) is 17.9. The summed E-state index contributed by atoms with van der Waals surface area (Å²) in [4.78, 5) is 0.808. The second-order valence-corrected chi connectivity index (χ2v) is 8.35. The number of alkyl halides is 6. The zero-order chi connectivity index (χ0) is 24.2. The Morgan fingerprint density at radius 2 is 1.56 bits per heavy atom. The van der Waals surface area contributed by atoms with Crippen LogP contribution in [-0.4, -0.2) is 25.9 Å². The van der Waals surface area contributed by atoms with E-state index < -0.39 is 30.0 Å². The smallest absolute Gasteiger partial charge is 0.417 e. The summed E-state index contributed by atoms with van der Waals surface area (Å²) in [7, 11) is 0. The molecule has 2 rings (SSSR count). The number of hydrogen-bond acceptors (Lipinski definition) is 3. The van der Waals surface area contributed by atoms with E-state index >= 15 is 0 Å². The first-order valence-corrected chi connectivity index (χ1v) is 9.87. The van der Waals surface area contributed by atoms with Crippen LogP contribution in [0.5, 0.6) is 5.75 Å². The summed E-state index contributed by atoms with van der Waals surface area (Å²) in [5.74, 6) is 0.554. The van der Waals surface area contributed by atoms with Crippen molar-refractivity contribution in [3.8, 4) is 11.8 Å². The van der Waals surface area contributed by atoms with Crippen LogP contribution in [0.15, 0.2) is 42.5 Å². The molecule has 3 nitrogen and oxygen atoms in total. The Morgan fingerprint density at radius 1 is 0.938 bits per heavy atom. The topological polar surface area (TPSA) is 36.3 Å². The molecule has 0 unspecified atom stereocenters. The molecule has 0 aliphatic rings. The fraction of sp³-hybridized carbons (Fsp3) is 0.435. The van der Waals surface area contributed by atoms with E-state index in [1.165, 1.54) is 6.07 Å². The highest BCUT2D eigenvalue weighted by atomic mass is 19.4. The summed E-state index contributed by atoms with van der Waals surface area (Å²) < 4.78 is 84.3. The largest absolute Gasteiger partial charge is 0.494 e. The van der Waals surface area contributed by atoms with Crippen LogP contribution in [0.4, 0.5) is 32.0 Å². The monoisotopic (exact) mass is 458 g/mol. The maximum Gasteiger partial charge on any atom is 0.417 e. The zero-order valence-corrected chi connectivity index (χ0v) is 17.9. The minimum absolute atomic E-state index is 0.0347. The quantitative estimate of drug-likeness (QED) is 0.342. The van der Waals surface area contributed by atoms with Gasteiger partial charge in [-0.05, 0) is 47.7 Å². The molecule has 0 N–H and O–H groups in total. The fourth-order valence-electron chi connectivity index (χ4n) is 3.07. The number of nitriles is 1. The number of benzene rings is 2. The summed E-state index contributed by atoms with van der Waals surface area (Å²) in [6, 6.07) is 11.3. The number of hydrogen-bond donors (Lipinski definition) is 0. The molecule has 0 amide bonds. The average Bonchev–Trinajstić information content (AvgIpc) is 2.68. The maximum absolute atomic E-state index is 13.2. The van der Waals surface area contributed by atoms with Crippen LogP contribution in [-0.2, 0) is 11.6 Å². The molecule has 174 valence electrons. The molecule has 0 aromatic heterocycles. The van der Waals surface area contributed by atoms with Crippen LogP contribution in [0.25, 0.3) is 0 Å². The van der Waals surface area contributed by atoms with E-state index in [1.54, 1.807) is 12.1 Å². The Bertz CT molecular complexity index is 937. The molecular weight excluding hydrogens is 434 g/mol. The first kappa shape index (κ1) is 25.4. The molecule has 0 atom stereocenters. The summed E-state index contributed by atoms with van der Waals surface area (Å²) in [6.45, 7) is 4.67. The van der Waals surface area contributed by atoms with Crippen molar-refractivity contribution in [3.63, 3.8) is 0 Å². The van der Waals surface area contributed by atoms with E-state index in [2.05, 4.69) is 20.8 Å². The first-order valence-electron chi connectivity index (χ1n) is 9.87. The molecule has 0 bridgehead atoms. The Hall–Kier alpha value is -2.89. The highest BCUT2D eigenvalue weighted by molar-refractivity contribution is 5.55. The molecule has 0 heterocycles. The van der Waals surface area contributed by atoms with Gasteiger partial charge < -0.3 is 9.64 Å². The van der Waals surface area contributed by atoms with Crippen molar-refractivity contribution in [2.24, 2.45) is 0 Å². The van der Waals surface area contributed by atoms with Crippen molar-refractivity contribution in [3.05, 3.63) is 59.2 Å². The molecule has 0 aliphatic heterocycles. The van der Waals surface area contributed by atoms with Gasteiger partial charge in [-0.15, -0.1) is 0 Å². The molecule has 0 aliphatic carbocycles. The Kier molecular flexibility index (Phi) is 7.70. The van der Waals surface area contributed by atoms with E-state index in [-0.39, 0.29) is 30.7 Å². The van der Waals surface area contributed by atoms with Gasteiger partial charge in [-0.25, -0.2) is 0 Å². The van der Waals surface area contributed by atoms with Gasteiger partial charge >= 0.3 is 12.4 Å². The molecular formula is C23H24F6N2O. The average molecular weight is 458 g/mol. The summed E-state index contributed by atoms with van der Waals surface area (Å²) >= 11 is 0. The molecule has 0 spiro atoms. The van der Waals surface area contributed by atoms with Gasteiger partial charge in [-0.3, -0.25) is 0 Å². The van der Waals surface area contributed by atoms with Crippen molar-refractivity contribution in [2.75, 3.05) is 24.6 Å². The van der Waals surface area contributed by atoms with E-state index in [0.29, 0.717) is 11.8 Å². The molecule has 2 aromatic rings. The van der Waals surface area contributed by atoms with Crippen LogP contribution in [0, 0.1) is 11.3 Å². The van der Waals surface area contributed by atoms with Gasteiger partial charge in [0.1, 0.15) is 12.3 Å². The Labute approximate surface area is 183 Å². The van der Waals surface area contributed by atoms with Crippen LogP contribution >= 0.6 is 0 Å². The number of halogens is 6. The van der Waals surface area contributed by atoms with Crippen LogP contribution in [0.2, 0.25) is 0 Å². The molecule has 0 radical (unpaired) electrons. The van der Waals surface area contributed by atoms with Gasteiger partial charge in [0.25, 0.3) is 0 Å². The first-order chi connectivity index (χ1) is 14.7. The Morgan fingerprint density at radius 3 is 2.06 bits per heavy atom. The predicted octanol–water partition coefficient (Wildman–Crippen LogP) is 6.71. The highest BCUT2D eigenvalue weighted by Gasteiger charge is 2.36. The summed E-state index contributed by atoms with van der Waals surface area (Å²) in [5.41, 5.74) is -1.10. The molecule has 0 saturated carbocycles. The van der Waals surface area contributed by atoms with Gasteiger partial charge in [-0.2, -0.15) is 31.6 Å². The van der Waals surface area contributed by atoms with Crippen LogP contribution in [0.3, 0.4) is 0 Å². The summed E-state index contributed by atoms with van der Waals surface area (Å²) in [6.07, 6.45) is -9.32. The third-order valence-corrected chi connectivity index (χ3v) is 4.73. The van der Waals surface area contributed by atoms with E-state index in [0.717, 1.165) is 22.6 Å². The lowest BCUT2D eigenvalue weighted by atomic mass is 9.87. The molecule has 0 fully saturated rings. The minimum Gasteiger partial charge on any atom is -0.494 e. The second kappa shape index (κ2) is 9.72. The Balaban J connectivity index is 2.10. The number of anilines is 1. The molecule has 32 heavy (non-hydrogen) atoms. The third kappa shape index (κ3) is 7.36. The van der Waals surface area contributed by atoms with Gasteiger partial charge in [0.05, 0.1) is 23.8 Å². The molecule has 9 heteroatoms. The number of nitrogens with zero attached hydrogens (tertiary/aromatic N) is 2. The lowest BCUT2D eigenvalue weighted by Gasteiger charge is -2.27. The van der Waals surface area contributed by atoms with E-state index in [9.17, 15) is 26.3 Å². The standard InChI is InChI=1S/C23H24F6N2O/c1-21(2,3)17-6-9-19(10-7-17)32-12-4-11-31(15-22(24,25)26)18-8-5-16(14-30)20(13-18)23(27,28)29/h5-10,13H,4,11-12,15H2,1-3H3. The number of rotatable bonds is 7. The number of ether oxygens (including phenoxy) is 1. The second-order valence-electron chi connectivity index (χ2n) is 8.35. The van der Waals surface area contributed by atoms with Gasteiger partial charge in [0.2, 0.25) is 0 Å². The van der Waals surface area contributed by atoms with Crippen molar-refractivity contribution in [1.29, 1.82) is 5.26 Å². The van der Waals surface area contributed by atoms with Gasteiger partial charge in [0, 0.05) is 12.2 Å². The van der Waals surface area contributed by atoms with Crippen LogP contribution in [0.1, 0.15) is 43.9 Å². The summed E-state index contributed by atoms with van der Waals surface area (Å²) in [5, 5.41) is 8.88. The highest BCUT2D eigenvalue weighted by Crippen LogP contribution is 2.35. The molecule has 0 saturated heterocycles. The van der Waals surface area contributed by atoms with E-state index in [4.69, 9.17) is 10.00 Å². The van der Waals surface area contributed by atoms with Crippen LogP contribution < -0.4 is 9.64 Å². The van der Waals surface area contributed by atoms with E-state index in [1.807, 2.05) is 12.1 Å². The van der Waals surface area contributed by atoms with Gasteiger partial charge in [-0.1, -0.05) is 32.9 Å². The van der Waals surface area contributed by atoms with Crippen molar-refractivity contribution in [2.45, 2.75) is 45.0 Å². The fourth-order valence-corrected chi connectivity index (χ4v) is 3.07. The lowest BCUT2D eigenvalue weighted by molar-refractivity contribution is -0.137. The van der Waals surface area contributed by atoms with Crippen molar-refractivity contribution in [1.82, 2.24) is 0 Å².